The van der Waals surface area contributed by atoms with Crippen LogP contribution in [0.2, 0.25) is 0 Å². The van der Waals surface area contributed by atoms with Gasteiger partial charge in [0.15, 0.2) is 0 Å². The summed E-state index contributed by atoms with van der Waals surface area (Å²) in [4.78, 5) is 0. The molecule has 0 fully saturated rings. The third-order valence-corrected chi connectivity index (χ3v) is 2.95. The number of benzene rings is 1. The van der Waals surface area contributed by atoms with Crippen molar-refractivity contribution >= 4 is 0 Å². The number of nitrogens with one attached hydrogen (secondary N) is 1. The van der Waals surface area contributed by atoms with Crippen LogP contribution in [0.5, 0.6) is 5.75 Å². The van der Waals surface area contributed by atoms with Gasteiger partial charge in [-0.05, 0) is 30.0 Å². The summed E-state index contributed by atoms with van der Waals surface area (Å²) in [6.07, 6.45) is 2.33. The van der Waals surface area contributed by atoms with Crippen molar-refractivity contribution in [1.82, 2.24) is 5.43 Å². The summed E-state index contributed by atoms with van der Waals surface area (Å²) in [6, 6.07) is 8.25. The van der Waals surface area contributed by atoms with Crippen molar-refractivity contribution in [1.29, 1.82) is 0 Å². The van der Waals surface area contributed by atoms with Gasteiger partial charge in [0.05, 0.1) is 7.11 Å². The van der Waals surface area contributed by atoms with Crippen molar-refractivity contribution in [2.45, 2.75) is 32.7 Å². The van der Waals surface area contributed by atoms with E-state index in [0.717, 1.165) is 12.2 Å². The molecule has 0 bridgehead atoms. The average molecular weight is 222 g/mol. The van der Waals surface area contributed by atoms with Crippen molar-refractivity contribution in [3.8, 4) is 5.75 Å². The molecule has 0 aliphatic rings. The highest BCUT2D eigenvalue weighted by Gasteiger charge is 2.17. The van der Waals surface area contributed by atoms with Gasteiger partial charge in [0.1, 0.15) is 5.75 Å². The largest absolute Gasteiger partial charge is 0.497 e. The van der Waals surface area contributed by atoms with Crippen LogP contribution >= 0.6 is 0 Å². The molecule has 0 aromatic heterocycles. The lowest BCUT2D eigenvalue weighted by Crippen LogP contribution is -2.32. The van der Waals surface area contributed by atoms with Crippen LogP contribution in [-0.2, 0) is 0 Å². The highest BCUT2D eigenvalue weighted by Crippen LogP contribution is 2.27. The van der Waals surface area contributed by atoms with Gasteiger partial charge >= 0.3 is 0 Å². The lowest BCUT2D eigenvalue weighted by atomic mass is 9.91. The Morgan fingerprint density at radius 3 is 2.75 bits per heavy atom. The summed E-state index contributed by atoms with van der Waals surface area (Å²) >= 11 is 0. The molecule has 2 unspecified atom stereocenters. The molecule has 3 nitrogen and oxygen atoms in total. The Balaban J connectivity index is 2.85. The first-order valence-corrected chi connectivity index (χ1v) is 5.83. The third-order valence-electron chi connectivity index (χ3n) is 2.95. The van der Waals surface area contributed by atoms with Crippen molar-refractivity contribution in [3.63, 3.8) is 0 Å². The first-order valence-electron chi connectivity index (χ1n) is 5.83. The van der Waals surface area contributed by atoms with E-state index in [9.17, 15) is 0 Å². The molecule has 1 rings (SSSR count). The number of ether oxygens (including phenoxy) is 1. The predicted octanol–water partition coefficient (Wildman–Crippen LogP) is 2.64. The van der Waals surface area contributed by atoms with E-state index in [1.54, 1.807) is 7.11 Å². The maximum atomic E-state index is 5.64. The van der Waals surface area contributed by atoms with Crippen LogP contribution in [0, 0.1) is 5.92 Å². The Morgan fingerprint density at radius 2 is 2.19 bits per heavy atom. The predicted molar refractivity (Wildman–Crippen MR) is 67.1 cm³/mol. The van der Waals surface area contributed by atoms with Crippen molar-refractivity contribution < 1.29 is 4.74 Å². The Hall–Kier alpha value is -1.06. The highest BCUT2D eigenvalue weighted by molar-refractivity contribution is 5.30. The highest BCUT2D eigenvalue weighted by atomic mass is 16.5. The Labute approximate surface area is 98.0 Å². The van der Waals surface area contributed by atoms with Crippen LogP contribution in [0.15, 0.2) is 24.3 Å². The summed E-state index contributed by atoms with van der Waals surface area (Å²) in [7, 11) is 1.68. The van der Waals surface area contributed by atoms with Gasteiger partial charge < -0.3 is 4.74 Å². The summed E-state index contributed by atoms with van der Waals surface area (Å²) in [6.45, 7) is 4.41. The van der Waals surface area contributed by atoms with E-state index in [2.05, 4.69) is 25.3 Å². The molecule has 90 valence electrons. The maximum absolute atomic E-state index is 5.64. The minimum Gasteiger partial charge on any atom is -0.497 e. The fourth-order valence-electron chi connectivity index (χ4n) is 2.05. The van der Waals surface area contributed by atoms with Crippen LogP contribution in [-0.4, -0.2) is 7.11 Å². The Bertz CT molecular complexity index is 315. The van der Waals surface area contributed by atoms with Gasteiger partial charge in [0.2, 0.25) is 0 Å². The maximum Gasteiger partial charge on any atom is 0.119 e. The second kappa shape index (κ2) is 6.51. The second-order valence-electron chi connectivity index (χ2n) is 4.19. The van der Waals surface area contributed by atoms with E-state index >= 15 is 0 Å². The van der Waals surface area contributed by atoms with Gasteiger partial charge in [0, 0.05) is 6.04 Å². The first kappa shape index (κ1) is 13.0. The first-order chi connectivity index (χ1) is 7.72. The van der Waals surface area contributed by atoms with Crippen molar-refractivity contribution in [2.75, 3.05) is 7.11 Å². The van der Waals surface area contributed by atoms with Crippen LogP contribution in [0.4, 0.5) is 0 Å². The fraction of sp³-hybridized carbons (Fsp3) is 0.538. The molecular formula is C13H22N2O. The van der Waals surface area contributed by atoms with E-state index in [4.69, 9.17) is 10.6 Å². The number of hydrogen-bond donors (Lipinski definition) is 2. The van der Waals surface area contributed by atoms with Crippen LogP contribution in [0.3, 0.4) is 0 Å². The molecule has 0 aliphatic carbocycles. The third kappa shape index (κ3) is 3.22. The van der Waals surface area contributed by atoms with Gasteiger partial charge in [-0.3, -0.25) is 11.3 Å². The lowest BCUT2D eigenvalue weighted by Gasteiger charge is -2.23. The summed E-state index contributed by atoms with van der Waals surface area (Å²) in [5.74, 6) is 7.03. The molecule has 16 heavy (non-hydrogen) atoms. The molecule has 0 radical (unpaired) electrons. The van der Waals surface area contributed by atoms with E-state index in [1.165, 1.54) is 12.0 Å². The van der Waals surface area contributed by atoms with Gasteiger partial charge in [-0.25, -0.2) is 0 Å². The zero-order valence-corrected chi connectivity index (χ0v) is 10.4. The molecule has 0 heterocycles. The summed E-state index contributed by atoms with van der Waals surface area (Å²) in [5, 5.41) is 0. The number of methoxy groups -OCH3 is 1. The van der Waals surface area contributed by atoms with Crippen LogP contribution in [0.1, 0.15) is 38.3 Å². The number of rotatable bonds is 6. The van der Waals surface area contributed by atoms with Gasteiger partial charge in [0.25, 0.3) is 0 Å². The van der Waals surface area contributed by atoms with Gasteiger partial charge in [-0.1, -0.05) is 32.4 Å². The fourth-order valence-corrected chi connectivity index (χ4v) is 2.05. The number of hydrogen-bond acceptors (Lipinski definition) is 3. The standard InChI is InChI=1S/C13H22N2O/c1-4-6-10(2)13(15-14)11-7-5-8-12(9-11)16-3/h5,7-10,13,15H,4,6,14H2,1-3H3. The number of hydrazine groups is 1. The molecule has 3 N–H and O–H groups in total. The smallest absolute Gasteiger partial charge is 0.119 e. The molecule has 3 heteroatoms. The SMILES string of the molecule is CCCC(C)C(NN)c1cccc(OC)c1. The monoisotopic (exact) mass is 222 g/mol. The lowest BCUT2D eigenvalue weighted by molar-refractivity contribution is 0.365. The Kier molecular flexibility index (Phi) is 5.29. The molecule has 2 atom stereocenters. The minimum absolute atomic E-state index is 0.190. The molecule has 0 saturated carbocycles. The summed E-state index contributed by atoms with van der Waals surface area (Å²) in [5.41, 5.74) is 4.08. The van der Waals surface area contributed by atoms with E-state index < -0.39 is 0 Å². The molecule has 0 saturated heterocycles. The quantitative estimate of drug-likeness (QED) is 0.574. The topological polar surface area (TPSA) is 47.3 Å². The van der Waals surface area contributed by atoms with Gasteiger partial charge in [-0.15, -0.1) is 0 Å². The van der Waals surface area contributed by atoms with Crippen LogP contribution < -0.4 is 16.0 Å². The zero-order valence-electron chi connectivity index (χ0n) is 10.4. The molecule has 0 aliphatic heterocycles. The second-order valence-corrected chi connectivity index (χ2v) is 4.19. The van der Waals surface area contributed by atoms with Crippen molar-refractivity contribution in [2.24, 2.45) is 11.8 Å². The average Bonchev–Trinajstić information content (AvgIpc) is 2.31. The van der Waals surface area contributed by atoms with E-state index in [-0.39, 0.29) is 6.04 Å². The van der Waals surface area contributed by atoms with Crippen LogP contribution in [0.25, 0.3) is 0 Å². The number of nitrogens with two attached hydrogens (primary N) is 1. The minimum atomic E-state index is 0.190. The molecule has 1 aromatic rings. The van der Waals surface area contributed by atoms with Crippen molar-refractivity contribution in [3.05, 3.63) is 29.8 Å². The van der Waals surface area contributed by atoms with E-state index in [0.29, 0.717) is 5.92 Å². The normalized spacial score (nSPS) is 14.5. The Morgan fingerprint density at radius 1 is 1.44 bits per heavy atom. The molecular weight excluding hydrogens is 200 g/mol. The van der Waals surface area contributed by atoms with E-state index in [1.807, 2.05) is 18.2 Å². The molecule has 0 amide bonds. The molecule has 0 spiro atoms. The van der Waals surface area contributed by atoms with Gasteiger partial charge in [-0.2, -0.15) is 0 Å². The summed E-state index contributed by atoms with van der Waals surface area (Å²) < 4.78 is 5.22. The zero-order chi connectivity index (χ0) is 12.0. The molecule has 1 aromatic carbocycles.